The number of aromatic nitrogens is 5. The summed E-state index contributed by atoms with van der Waals surface area (Å²) in [4.78, 5) is 4.93. The van der Waals surface area contributed by atoms with Gasteiger partial charge in [0, 0.05) is 43.0 Å². The minimum Gasteiger partial charge on any atom is -0.385 e. The highest BCUT2D eigenvalue weighted by atomic mass is 19.1. The Bertz CT molecular complexity index is 1690. The molecule has 0 spiro atoms. The second kappa shape index (κ2) is 9.49. The van der Waals surface area contributed by atoms with Crippen molar-refractivity contribution < 1.29 is 14.2 Å². The second-order valence-electron chi connectivity index (χ2n) is 11.7. The summed E-state index contributed by atoms with van der Waals surface area (Å²) in [6.45, 7) is 5.05. The van der Waals surface area contributed by atoms with E-state index < -0.39 is 5.60 Å². The van der Waals surface area contributed by atoms with Gasteiger partial charge >= 0.3 is 0 Å². The number of nitrogens with zero attached hydrogens (tertiary/aromatic N) is 5. The maximum atomic E-state index is 16.9. The molecule has 1 N–H and O–H groups in total. The van der Waals surface area contributed by atoms with Crippen molar-refractivity contribution in [2.24, 2.45) is 18.9 Å². The van der Waals surface area contributed by atoms with Gasteiger partial charge in [0.25, 0.3) is 0 Å². The molecule has 40 heavy (non-hydrogen) atoms. The molecule has 3 aromatic heterocycles. The van der Waals surface area contributed by atoms with E-state index in [0.717, 1.165) is 64.6 Å². The molecule has 206 valence electrons. The van der Waals surface area contributed by atoms with Crippen LogP contribution < -0.4 is 0 Å². The maximum Gasteiger partial charge on any atom is 0.153 e. The van der Waals surface area contributed by atoms with E-state index in [4.69, 9.17) is 9.72 Å². The molecule has 1 saturated carbocycles. The van der Waals surface area contributed by atoms with Crippen LogP contribution in [0.3, 0.4) is 0 Å². The predicted octanol–water partition coefficient (Wildman–Crippen LogP) is 6.07. The first-order chi connectivity index (χ1) is 19.4. The summed E-state index contributed by atoms with van der Waals surface area (Å²) in [7, 11) is 1.87. The number of ether oxygens (including phenoxy) is 1. The normalized spacial score (nSPS) is 18.8. The van der Waals surface area contributed by atoms with Crippen LogP contribution in [-0.2, 0) is 17.4 Å². The van der Waals surface area contributed by atoms with Crippen LogP contribution in [0.2, 0.25) is 0 Å². The SMILES string of the molecule is Cc1nnn(C)c1-c1cnc2c3ccc(C(C)(O)C4CC4)c(F)c3n(C(c3ccccc3)C3CCOCC3)c2c1. The van der Waals surface area contributed by atoms with Crippen molar-refractivity contribution in [2.75, 3.05) is 13.2 Å². The van der Waals surface area contributed by atoms with Gasteiger partial charge in [0.1, 0.15) is 0 Å². The van der Waals surface area contributed by atoms with Gasteiger partial charge in [-0.2, -0.15) is 0 Å². The fourth-order valence-corrected chi connectivity index (χ4v) is 6.80. The Balaban J connectivity index is 1.57. The summed E-state index contributed by atoms with van der Waals surface area (Å²) < 4.78 is 26.6. The van der Waals surface area contributed by atoms with Crippen molar-refractivity contribution in [1.29, 1.82) is 0 Å². The summed E-state index contributed by atoms with van der Waals surface area (Å²) in [6.07, 6.45) is 5.39. The third kappa shape index (κ3) is 3.96. The van der Waals surface area contributed by atoms with Crippen LogP contribution in [-0.4, -0.2) is 42.9 Å². The Morgan fingerprint density at radius 1 is 1.07 bits per heavy atom. The summed E-state index contributed by atoms with van der Waals surface area (Å²) >= 11 is 0. The highest BCUT2D eigenvalue weighted by molar-refractivity contribution is 6.07. The predicted molar refractivity (Wildman–Crippen MR) is 152 cm³/mol. The molecule has 0 amide bonds. The molecule has 0 radical (unpaired) electrons. The number of pyridine rings is 1. The Hall–Kier alpha value is -3.62. The molecule has 2 unspecified atom stereocenters. The average Bonchev–Trinajstić information content (AvgIpc) is 3.72. The number of fused-ring (bicyclic) bond motifs is 3. The maximum absolute atomic E-state index is 16.9. The van der Waals surface area contributed by atoms with Crippen LogP contribution in [0.25, 0.3) is 33.2 Å². The van der Waals surface area contributed by atoms with E-state index in [1.807, 2.05) is 44.4 Å². The molecule has 0 bridgehead atoms. The van der Waals surface area contributed by atoms with Crippen molar-refractivity contribution in [2.45, 2.75) is 51.2 Å². The minimum atomic E-state index is -1.23. The number of rotatable bonds is 6. The van der Waals surface area contributed by atoms with E-state index in [1.54, 1.807) is 17.7 Å². The lowest BCUT2D eigenvalue weighted by Gasteiger charge is -2.33. The Morgan fingerprint density at radius 3 is 2.50 bits per heavy atom. The number of aryl methyl sites for hydroxylation is 2. The van der Waals surface area contributed by atoms with E-state index in [1.165, 1.54) is 0 Å². The Labute approximate surface area is 232 Å². The number of benzene rings is 2. The van der Waals surface area contributed by atoms with Crippen molar-refractivity contribution in [3.8, 4) is 11.3 Å². The topological polar surface area (TPSA) is 78.0 Å². The van der Waals surface area contributed by atoms with Gasteiger partial charge in [-0.05, 0) is 63.0 Å². The first kappa shape index (κ1) is 25.4. The van der Waals surface area contributed by atoms with Crippen LogP contribution in [0, 0.1) is 24.6 Å². The quantitative estimate of drug-likeness (QED) is 0.284. The molecule has 1 saturated heterocycles. The lowest BCUT2D eigenvalue weighted by molar-refractivity contribution is 0.0297. The number of halogens is 1. The largest absolute Gasteiger partial charge is 0.385 e. The zero-order chi connectivity index (χ0) is 27.6. The molecular weight excluding hydrogens is 505 g/mol. The van der Waals surface area contributed by atoms with Crippen molar-refractivity contribution in [1.82, 2.24) is 24.5 Å². The molecular formula is C32H34FN5O2. The van der Waals surface area contributed by atoms with Gasteiger partial charge in [-0.25, -0.2) is 9.07 Å². The standard InChI is InChI=1S/C32H34FN5O2/c1-19-29(37(3)36-35-19)22-17-26-28(34-18-22)24-11-12-25(32(2,39)23-9-10-23)27(33)31(24)38(26)30(20-7-5-4-6-8-20)21-13-15-40-16-14-21/h4-8,11-12,17-18,21,23,30,39H,9-10,13-16H2,1-3H3. The molecule has 7 rings (SSSR count). The summed E-state index contributed by atoms with van der Waals surface area (Å²) in [5.74, 6) is -0.0474. The molecule has 1 aliphatic heterocycles. The number of hydrogen-bond donors (Lipinski definition) is 1. The smallest absolute Gasteiger partial charge is 0.153 e. The van der Waals surface area contributed by atoms with Gasteiger partial charge < -0.3 is 14.4 Å². The average molecular weight is 540 g/mol. The monoisotopic (exact) mass is 539 g/mol. The lowest BCUT2D eigenvalue weighted by atomic mass is 9.86. The summed E-state index contributed by atoms with van der Waals surface area (Å²) in [6, 6.07) is 16.0. The zero-order valence-electron chi connectivity index (χ0n) is 23.1. The Morgan fingerprint density at radius 2 is 1.82 bits per heavy atom. The van der Waals surface area contributed by atoms with E-state index >= 15 is 4.39 Å². The Kier molecular flexibility index (Phi) is 6.02. The molecule has 2 aromatic carbocycles. The van der Waals surface area contributed by atoms with Gasteiger partial charge in [-0.15, -0.1) is 5.10 Å². The highest BCUT2D eigenvalue weighted by Crippen LogP contribution is 2.48. The highest BCUT2D eigenvalue weighted by Gasteiger charge is 2.44. The number of hydrogen-bond acceptors (Lipinski definition) is 5. The molecule has 4 heterocycles. The molecule has 2 atom stereocenters. The van der Waals surface area contributed by atoms with E-state index in [9.17, 15) is 5.11 Å². The number of aliphatic hydroxyl groups is 1. The van der Waals surface area contributed by atoms with E-state index in [0.29, 0.717) is 24.3 Å². The first-order valence-corrected chi connectivity index (χ1v) is 14.2. The second-order valence-corrected chi connectivity index (χ2v) is 11.7. The fourth-order valence-electron chi connectivity index (χ4n) is 6.80. The molecule has 8 heteroatoms. The fraction of sp³-hybridized carbons (Fsp3) is 0.406. The van der Waals surface area contributed by atoms with Gasteiger partial charge in [-0.3, -0.25) is 4.98 Å². The van der Waals surface area contributed by atoms with Gasteiger partial charge in [0.05, 0.1) is 39.6 Å². The van der Waals surface area contributed by atoms with Crippen molar-refractivity contribution in [3.63, 3.8) is 0 Å². The van der Waals surface area contributed by atoms with Crippen LogP contribution >= 0.6 is 0 Å². The van der Waals surface area contributed by atoms with Crippen LogP contribution in [0.1, 0.15) is 55.5 Å². The lowest BCUT2D eigenvalue weighted by Crippen LogP contribution is -2.28. The zero-order valence-corrected chi connectivity index (χ0v) is 23.1. The third-order valence-corrected chi connectivity index (χ3v) is 9.06. The van der Waals surface area contributed by atoms with Gasteiger partial charge in [-0.1, -0.05) is 47.7 Å². The van der Waals surface area contributed by atoms with Crippen LogP contribution in [0.5, 0.6) is 0 Å². The third-order valence-electron chi connectivity index (χ3n) is 9.06. The molecule has 7 nitrogen and oxygen atoms in total. The summed E-state index contributed by atoms with van der Waals surface area (Å²) in [5.41, 5.74) is 4.93. The van der Waals surface area contributed by atoms with E-state index in [2.05, 4.69) is 33.1 Å². The molecule has 2 fully saturated rings. The van der Waals surface area contributed by atoms with Crippen molar-refractivity contribution in [3.05, 3.63) is 77.4 Å². The summed E-state index contributed by atoms with van der Waals surface area (Å²) in [5, 5.41) is 20.7. The van der Waals surface area contributed by atoms with E-state index in [-0.39, 0.29) is 23.7 Å². The molecule has 2 aliphatic rings. The van der Waals surface area contributed by atoms with Crippen LogP contribution in [0.15, 0.2) is 54.7 Å². The van der Waals surface area contributed by atoms with Crippen LogP contribution in [0.4, 0.5) is 4.39 Å². The molecule has 5 aromatic rings. The van der Waals surface area contributed by atoms with Gasteiger partial charge in [0.2, 0.25) is 0 Å². The minimum absolute atomic E-state index is 0.0720. The molecule has 1 aliphatic carbocycles. The van der Waals surface area contributed by atoms with Crippen molar-refractivity contribution >= 4 is 21.9 Å². The van der Waals surface area contributed by atoms with Gasteiger partial charge in [0.15, 0.2) is 5.82 Å². The first-order valence-electron chi connectivity index (χ1n) is 14.2.